The molecule has 10 nitrogen and oxygen atoms in total. The van der Waals surface area contributed by atoms with Gasteiger partial charge in [-0.2, -0.15) is 15.1 Å². The number of likely N-dealkylation sites (tertiary alicyclic amines) is 1. The molecule has 1 fully saturated rings. The fourth-order valence-corrected chi connectivity index (χ4v) is 3.38. The second-order valence-electron chi connectivity index (χ2n) is 6.45. The highest BCUT2D eigenvalue weighted by atomic mass is 16.4. The van der Waals surface area contributed by atoms with Crippen LogP contribution in [0.5, 0.6) is 0 Å². The predicted molar refractivity (Wildman–Crippen MR) is 96.3 cm³/mol. The molecule has 1 amide bonds. The van der Waals surface area contributed by atoms with Crippen LogP contribution in [0.1, 0.15) is 18.9 Å². The maximum atomic E-state index is 11.3. The van der Waals surface area contributed by atoms with Gasteiger partial charge in [0.15, 0.2) is 0 Å². The van der Waals surface area contributed by atoms with Crippen LogP contribution in [0.3, 0.4) is 0 Å². The number of rotatable bonds is 3. The van der Waals surface area contributed by atoms with Crippen molar-refractivity contribution in [3.63, 3.8) is 0 Å². The highest BCUT2D eigenvalue weighted by Gasteiger charge is 2.26. The van der Waals surface area contributed by atoms with Crippen molar-refractivity contribution in [3.8, 4) is 0 Å². The molecule has 1 aliphatic heterocycles. The normalized spacial score (nSPS) is 17.6. The van der Waals surface area contributed by atoms with Crippen LogP contribution in [0, 0.1) is 0 Å². The van der Waals surface area contributed by atoms with Gasteiger partial charge in [-0.15, -0.1) is 0 Å². The van der Waals surface area contributed by atoms with Gasteiger partial charge in [-0.05, 0) is 18.9 Å². The molecule has 3 aromatic heterocycles. The maximum absolute atomic E-state index is 11.3. The Morgan fingerprint density at radius 1 is 1.42 bits per heavy atom. The highest BCUT2D eigenvalue weighted by Crippen LogP contribution is 2.29. The lowest BCUT2D eigenvalue weighted by molar-refractivity contribution is 0.122. The molecule has 1 atom stereocenters. The number of aromatic nitrogens is 5. The molecule has 4 N–H and O–H groups in total. The minimum atomic E-state index is -0.890. The molecule has 0 radical (unpaired) electrons. The van der Waals surface area contributed by atoms with Gasteiger partial charge in [0, 0.05) is 32.5 Å². The lowest BCUT2D eigenvalue weighted by atomic mass is 10.1. The van der Waals surface area contributed by atoms with E-state index in [9.17, 15) is 9.90 Å². The number of fused-ring (bicyclic) bond motifs is 1. The number of hydrogen-bond donors (Lipinski definition) is 3. The van der Waals surface area contributed by atoms with Crippen LogP contribution >= 0.6 is 0 Å². The largest absolute Gasteiger partial charge is 0.465 e. The number of nitrogens with two attached hydrogens (primary N) is 1. The summed E-state index contributed by atoms with van der Waals surface area (Å²) in [6, 6.07) is 1.90. The van der Waals surface area contributed by atoms with Gasteiger partial charge in [0.1, 0.15) is 11.5 Å². The zero-order valence-corrected chi connectivity index (χ0v) is 14.3. The van der Waals surface area contributed by atoms with E-state index in [0.29, 0.717) is 30.5 Å². The van der Waals surface area contributed by atoms with Crippen molar-refractivity contribution in [2.24, 2.45) is 7.05 Å². The van der Waals surface area contributed by atoms with E-state index in [1.54, 1.807) is 10.9 Å². The van der Waals surface area contributed by atoms with Crippen LogP contribution in [0.15, 0.2) is 24.7 Å². The third-order valence-corrected chi connectivity index (χ3v) is 4.62. The summed E-state index contributed by atoms with van der Waals surface area (Å²) in [5.74, 6) is 0.764. The summed E-state index contributed by atoms with van der Waals surface area (Å²) in [5, 5.41) is 17.2. The molecule has 3 aromatic rings. The van der Waals surface area contributed by atoms with E-state index in [1.807, 2.05) is 30.1 Å². The number of nitrogens with zero attached hydrogens (tertiary/aromatic N) is 6. The van der Waals surface area contributed by atoms with Gasteiger partial charge in [0.05, 0.1) is 23.3 Å². The number of piperidine rings is 1. The van der Waals surface area contributed by atoms with Crippen molar-refractivity contribution in [2.45, 2.75) is 18.9 Å². The molecular formula is C16H20N8O2. The molecule has 0 spiro atoms. The minimum absolute atomic E-state index is 0.0258. The molecule has 4 rings (SSSR count). The van der Waals surface area contributed by atoms with Crippen molar-refractivity contribution in [3.05, 3.63) is 24.7 Å². The first-order valence-corrected chi connectivity index (χ1v) is 8.39. The number of nitrogens with one attached hydrogen (secondary N) is 1. The third kappa shape index (κ3) is 2.89. The standard InChI is InChI=1S/C16H20N8O2/c1-22-8-10(7-18-22)19-15-20-13(17)12-4-6-24(14(12)21-15)11-3-2-5-23(9-11)16(25)26/h4,6-8,11H,2-3,5,9H2,1H3,(H,25,26)(H3,17,19,20,21)/t11-/m1/s1. The van der Waals surface area contributed by atoms with Crippen molar-refractivity contribution in [1.29, 1.82) is 0 Å². The average molecular weight is 356 g/mol. The topological polar surface area (TPSA) is 127 Å². The summed E-state index contributed by atoms with van der Waals surface area (Å²) >= 11 is 0. The first kappa shape index (κ1) is 16.2. The van der Waals surface area contributed by atoms with Gasteiger partial charge in [-0.3, -0.25) is 4.68 Å². The Labute approximate surface area is 149 Å². The molecule has 1 saturated heterocycles. The fraction of sp³-hybridized carbons (Fsp3) is 0.375. The van der Waals surface area contributed by atoms with E-state index in [0.717, 1.165) is 23.9 Å². The average Bonchev–Trinajstić information content (AvgIpc) is 3.21. The van der Waals surface area contributed by atoms with E-state index >= 15 is 0 Å². The summed E-state index contributed by atoms with van der Waals surface area (Å²) in [6.45, 7) is 1.00. The van der Waals surface area contributed by atoms with Gasteiger partial charge in [0.25, 0.3) is 0 Å². The Bertz CT molecular complexity index is 962. The third-order valence-electron chi connectivity index (χ3n) is 4.62. The van der Waals surface area contributed by atoms with Crippen LogP contribution in [-0.2, 0) is 7.05 Å². The van der Waals surface area contributed by atoms with Crippen molar-refractivity contribution in [1.82, 2.24) is 29.2 Å². The number of carboxylic acid groups (broad SMARTS) is 1. The zero-order chi connectivity index (χ0) is 18.3. The monoisotopic (exact) mass is 356 g/mol. The highest BCUT2D eigenvalue weighted by molar-refractivity contribution is 5.87. The number of nitrogen functional groups attached to an aromatic ring is 1. The summed E-state index contributed by atoms with van der Waals surface area (Å²) < 4.78 is 3.67. The number of carbonyl (C=O) groups is 1. The number of hydrogen-bond acceptors (Lipinski definition) is 6. The molecule has 0 aromatic carbocycles. The summed E-state index contributed by atoms with van der Waals surface area (Å²) in [7, 11) is 1.83. The second kappa shape index (κ2) is 6.21. The van der Waals surface area contributed by atoms with E-state index < -0.39 is 6.09 Å². The Hall–Kier alpha value is -3.30. The Balaban J connectivity index is 1.68. The molecule has 0 bridgehead atoms. The van der Waals surface area contributed by atoms with Crippen LogP contribution in [0.25, 0.3) is 11.0 Å². The van der Waals surface area contributed by atoms with Gasteiger partial charge in [-0.25, -0.2) is 4.79 Å². The smallest absolute Gasteiger partial charge is 0.407 e. The van der Waals surface area contributed by atoms with E-state index in [2.05, 4.69) is 20.4 Å². The Morgan fingerprint density at radius 3 is 3.00 bits per heavy atom. The van der Waals surface area contributed by atoms with Crippen molar-refractivity contribution in [2.75, 3.05) is 24.1 Å². The van der Waals surface area contributed by atoms with Crippen molar-refractivity contribution < 1.29 is 9.90 Å². The number of aryl methyl sites for hydroxylation is 1. The van der Waals surface area contributed by atoms with E-state index in [1.165, 1.54) is 4.90 Å². The first-order valence-electron chi connectivity index (χ1n) is 8.39. The summed E-state index contributed by atoms with van der Waals surface area (Å²) in [6.07, 6.45) is 6.21. The minimum Gasteiger partial charge on any atom is -0.465 e. The molecule has 4 heterocycles. The second-order valence-corrected chi connectivity index (χ2v) is 6.45. The van der Waals surface area contributed by atoms with E-state index in [4.69, 9.17) is 5.73 Å². The fourth-order valence-electron chi connectivity index (χ4n) is 3.38. The van der Waals surface area contributed by atoms with Crippen LogP contribution < -0.4 is 11.1 Å². The van der Waals surface area contributed by atoms with Gasteiger partial charge in [0.2, 0.25) is 5.95 Å². The van der Waals surface area contributed by atoms with Crippen LogP contribution in [0.4, 0.5) is 22.2 Å². The molecule has 10 heteroatoms. The number of amides is 1. The molecule has 0 unspecified atom stereocenters. The summed E-state index contributed by atoms with van der Waals surface area (Å²) in [5.41, 5.74) is 7.56. The SMILES string of the molecule is Cn1cc(Nc2nc(N)c3ccn([C@@H]4CCCN(C(=O)O)C4)c3n2)cn1. The first-order chi connectivity index (χ1) is 12.5. The molecule has 0 aliphatic carbocycles. The zero-order valence-electron chi connectivity index (χ0n) is 14.3. The quantitative estimate of drug-likeness (QED) is 0.653. The lowest BCUT2D eigenvalue weighted by Gasteiger charge is -2.31. The van der Waals surface area contributed by atoms with Crippen molar-refractivity contribution >= 4 is 34.6 Å². The molecule has 0 saturated carbocycles. The molecular weight excluding hydrogens is 336 g/mol. The Morgan fingerprint density at radius 2 is 2.27 bits per heavy atom. The van der Waals surface area contributed by atoms with Crippen LogP contribution in [-0.4, -0.2) is 53.5 Å². The van der Waals surface area contributed by atoms with Gasteiger partial charge in [-0.1, -0.05) is 0 Å². The van der Waals surface area contributed by atoms with Gasteiger partial charge < -0.3 is 25.6 Å². The van der Waals surface area contributed by atoms with Crippen LogP contribution in [0.2, 0.25) is 0 Å². The maximum Gasteiger partial charge on any atom is 0.407 e. The number of anilines is 3. The van der Waals surface area contributed by atoms with Gasteiger partial charge >= 0.3 is 6.09 Å². The molecule has 136 valence electrons. The summed E-state index contributed by atoms with van der Waals surface area (Å²) in [4.78, 5) is 21.7. The lowest BCUT2D eigenvalue weighted by Crippen LogP contribution is -2.39. The molecule has 26 heavy (non-hydrogen) atoms. The Kier molecular flexibility index (Phi) is 3.86. The van der Waals surface area contributed by atoms with E-state index in [-0.39, 0.29) is 6.04 Å². The predicted octanol–water partition coefficient (Wildman–Crippen LogP) is 1.81. The molecule has 1 aliphatic rings.